The number of carbonyl (C=O) groups is 2. The van der Waals surface area contributed by atoms with Gasteiger partial charge in [0.1, 0.15) is 0 Å². The van der Waals surface area contributed by atoms with Gasteiger partial charge in [-0.25, -0.2) is 0 Å². The van der Waals surface area contributed by atoms with Gasteiger partial charge in [-0.05, 0) is 18.2 Å². The maximum absolute atomic E-state index is 13.2. The molecule has 0 N–H and O–H groups in total. The van der Waals surface area contributed by atoms with Gasteiger partial charge in [0.2, 0.25) is 0 Å². The van der Waals surface area contributed by atoms with Crippen LogP contribution in [0.2, 0.25) is 0 Å². The van der Waals surface area contributed by atoms with Crippen molar-refractivity contribution in [2.75, 3.05) is 26.2 Å². The Bertz CT molecular complexity index is 1080. The number of fused-ring (bicyclic) bond motifs is 3. The van der Waals surface area contributed by atoms with Crippen molar-refractivity contribution in [3.8, 4) is 11.3 Å². The van der Waals surface area contributed by atoms with E-state index in [-0.39, 0.29) is 11.8 Å². The highest BCUT2D eigenvalue weighted by Gasteiger charge is 2.32. The number of carbonyl (C=O) groups excluding carboxylic acids is 2. The molecule has 3 aromatic rings. The fourth-order valence-corrected chi connectivity index (χ4v) is 5.04. The third-order valence-electron chi connectivity index (χ3n) is 5.45. The topological polar surface area (TPSA) is 71.6 Å². The maximum atomic E-state index is 13.2. The highest BCUT2D eigenvalue weighted by Crippen LogP contribution is 2.42. The van der Waals surface area contributed by atoms with Gasteiger partial charge in [-0.15, -0.1) is 11.8 Å². The van der Waals surface area contributed by atoms with E-state index in [0.29, 0.717) is 37.6 Å². The molecule has 0 spiro atoms. The van der Waals surface area contributed by atoms with Gasteiger partial charge in [-0.2, -0.15) is 5.10 Å². The van der Waals surface area contributed by atoms with Gasteiger partial charge in [-0.3, -0.25) is 14.3 Å². The lowest BCUT2D eigenvalue weighted by Crippen LogP contribution is -2.50. The summed E-state index contributed by atoms with van der Waals surface area (Å²) in [6.07, 6.45) is 1.49. The van der Waals surface area contributed by atoms with Crippen molar-refractivity contribution in [2.45, 2.75) is 10.6 Å². The minimum absolute atomic E-state index is 0.0630. The third kappa shape index (κ3) is 3.04. The van der Waals surface area contributed by atoms with Crippen LogP contribution in [0.4, 0.5) is 0 Å². The molecule has 4 heterocycles. The molecule has 0 bridgehead atoms. The van der Waals surface area contributed by atoms with E-state index in [9.17, 15) is 9.59 Å². The fourth-order valence-electron chi connectivity index (χ4n) is 3.97. The van der Waals surface area contributed by atoms with E-state index in [1.54, 1.807) is 33.7 Å². The van der Waals surface area contributed by atoms with Crippen molar-refractivity contribution >= 4 is 23.6 Å². The predicted octanol–water partition coefficient (Wildman–Crippen LogP) is 2.88. The molecule has 7 nitrogen and oxygen atoms in total. The summed E-state index contributed by atoms with van der Waals surface area (Å²) in [6, 6.07) is 11.6. The Morgan fingerprint density at radius 3 is 2.45 bits per heavy atom. The first-order chi connectivity index (χ1) is 14.1. The van der Waals surface area contributed by atoms with E-state index >= 15 is 0 Å². The monoisotopic (exact) mass is 408 g/mol. The lowest BCUT2D eigenvalue weighted by Gasteiger charge is -2.34. The molecule has 29 heavy (non-hydrogen) atoms. The van der Waals surface area contributed by atoms with Crippen molar-refractivity contribution in [1.82, 2.24) is 19.6 Å². The highest BCUT2D eigenvalue weighted by molar-refractivity contribution is 7.98. The summed E-state index contributed by atoms with van der Waals surface area (Å²) in [5.41, 5.74) is 3.67. The number of piperazine rings is 1. The highest BCUT2D eigenvalue weighted by atomic mass is 32.2. The van der Waals surface area contributed by atoms with Gasteiger partial charge in [0.05, 0.1) is 12.0 Å². The number of aryl methyl sites for hydroxylation is 1. The summed E-state index contributed by atoms with van der Waals surface area (Å²) in [5.74, 6) is 0.870. The first-order valence-corrected chi connectivity index (χ1v) is 10.5. The molecule has 5 rings (SSSR count). The molecular weight excluding hydrogens is 388 g/mol. The smallest absolute Gasteiger partial charge is 0.289 e. The van der Waals surface area contributed by atoms with Crippen LogP contribution in [0.1, 0.15) is 26.6 Å². The van der Waals surface area contributed by atoms with Gasteiger partial charge < -0.3 is 14.2 Å². The van der Waals surface area contributed by atoms with Crippen LogP contribution < -0.4 is 0 Å². The Hall–Kier alpha value is -3.00. The molecule has 2 aromatic heterocycles. The van der Waals surface area contributed by atoms with Crippen LogP contribution in [0.25, 0.3) is 11.3 Å². The summed E-state index contributed by atoms with van der Waals surface area (Å²) in [6.45, 7) is 1.94. The Balaban J connectivity index is 1.35. The summed E-state index contributed by atoms with van der Waals surface area (Å²) >= 11 is 1.74. The van der Waals surface area contributed by atoms with Crippen LogP contribution in [-0.2, 0) is 12.8 Å². The van der Waals surface area contributed by atoms with Crippen LogP contribution in [0.5, 0.6) is 0 Å². The fraction of sp³-hybridized carbons (Fsp3) is 0.286. The van der Waals surface area contributed by atoms with Crippen molar-refractivity contribution in [1.29, 1.82) is 0 Å². The summed E-state index contributed by atoms with van der Waals surface area (Å²) in [7, 11) is 1.89. The minimum atomic E-state index is -0.134. The molecule has 2 aliphatic heterocycles. The summed E-state index contributed by atoms with van der Waals surface area (Å²) in [4.78, 5) is 30.4. The van der Waals surface area contributed by atoms with E-state index in [1.165, 1.54) is 11.2 Å². The Morgan fingerprint density at radius 1 is 1.00 bits per heavy atom. The minimum Gasteiger partial charge on any atom is -0.459 e. The van der Waals surface area contributed by atoms with E-state index in [1.807, 2.05) is 23.9 Å². The Labute approximate surface area is 172 Å². The first kappa shape index (κ1) is 18.1. The van der Waals surface area contributed by atoms with Crippen molar-refractivity contribution < 1.29 is 14.0 Å². The van der Waals surface area contributed by atoms with Gasteiger partial charge in [0, 0.05) is 55.0 Å². The largest absolute Gasteiger partial charge is 0.459 e. The van der Waals surface area contributed by atoms with Crippen LogP contribution in [-0.4, -0.2) is 57.6 Å². The second kappa shape index (κ2) is 7.11. The number of rotatable bonds is 2. The molecule has 1 saturated heterocycles. The number of furan rings is 1. The van der Waals surface area contributed by atoms with Crippen molar-refractivity contribution in [3.63, 3.8) is 0 Å². The molecule has 0 aliphatic carbocycles. The Morgan fingerprint density at radius 2 is 1.72 bits per heavy atom. The molecule has 0 atom stereocenters. The molecule has 148 valence electrons. The summed E-state index contributed by atoms with van der Waals surface area (Å²) < 4.78 is 7.02. The number of nitrogens with zero attached hydrogens (tertiary/aromatic N) is 4. The average molecular weight is 408 g/mol. The van der Waals surface area contributed by atoms with Crippen LogP contribution in [0, 0.1) is 0 Å². The second-order valence-electron chi connectivity index (χ2n) is 7.15. The number of hydrogen-bond donors (Lipinski definition) is 0. The summed E-state index contributed by atoms with van der Waals surface area (Å²) in [5, 5.41) is 4.58. The van der Waals surface area contributed by atoms with Gasteiger partial charge in [0.15, 0.2) is 11.5 Å². The normalized spacial score (nSPS) is 15.8. The van der Waals surface area contributed by atoms with E-state index < -0.39 is 0 Å². The maximum Gasteiger partial charge on any atom is 0.289 e. The lowest BCUT2D eigenvalue weighted by atomic mass is 10.1. The van der Waals surface area contributed by atoms with E-state index in [2.05, 4.69) is 17.2 Å². The Kier molecular flexibility index (Phi) is 4.43. The molecule has 2 aliphatic rings. The predicted molar refractivity (Wildman–Crippen MR) is 109 cm³/mol. The van der Waals surface area contributed by atoms with Crippen LogP contribution in [0.3, 0.4) is 0 Å². The van der Waals surface area contributed by atoms with Crippen LogP contribution >= 0.6 is 11.8 Å². The second-order valence-corrected chi connectivity index (χ2v) is 8.16. The quantitative estimate of drug-likeness (QED) is 0.652. The first-order valence-electron chi connectivity index (χ1n) is 9.53. The van der Waals surface area contributed by atoms with Gasteiger partial charge in [0.25, 0.3) is 11.8 Å². The SMILES string of the molecule is Cn1nc(C(=O)N2CCN(C(=O)c3ccco3)CC2)c2c1-c1ccccc1SC2. The van der Waals surface area contributed by atoms with Crippen molar-refractivity contribution in [3.05, 3.63) is 59.7 Å². The lowest BCUT2D eigenvalue weighted by molar-refractivity contribution is 0.0514. The molecule has 8 heteroatoms. The number of amides is 2. The molecule has 2 amide bonds. The molecule has 0 unspecified atom stereocenters. The van der Waals surface area contributed by atoms with E-state index in [4.69, 9.17) is 4.42 Å². The van der Waals surface area contributed by atoms with Crippen LogP contribution in [0.15, 0.2) is 52.0 Å². The zero-order chi connectivity index (χ0) is 20.0. The van der Waals surface area contributed by atoms with Gasteiger partial charge in [-0.1, -0.05) is 18.2 Å². The zero-order valence-corrected chi connectivity index (χ0v) is 16.8. The van der Waals surface area contributed by atoms with Crippen molar-refractivity contribution in [2.24, 2.45) is 7.05 Å². The number of aromatic nitrogens is 2. The molecule has 1 aromatic carbocycles. The molecule has 1 fully saturated rings. The third-order valence-corrected chi connectivity index (χ3v) is 6.55. The number of benzene rings is 1. The zero-order valence-electron chi connectivity index (χ0n) is 16.0. The molecule has 0 radical (unpaired) electrons. The molecular formula is C21H20N4O3S. The molecule has 0 saturated carbocycles. The average Bonchev–Trinajstić information content (AvgIpc) is 3.41. The number of thioether (sulfide) groups is 1. The van der Waals surface area contributed by atoms with Gasteiger partial charge >= 0.3 is 0 Å². The standard InChI is InChI=1S/C21H20N4O3S/c1-23-19-14-5-2-3-7-17(14)29-13-15(19)18(22-23)21(27)25-10-8-24(9-11-25)20(26)16-6-4-12-28-16/h2-7,12H,8-11,13H2,1H3. The number of hydrogen-bond acceptors (Lipinski definition) is 5. The van der Waals surface area contributed by atoms with E-state index in [0.717, 1.165) is 22.6 Å².